The smallest absolute Gasteiger partial charge is 0.209 e. The molecule has 1 aromatic heterocycles. The van der Waals surface area contributed by atoms with E-state index in [9.17, 15) is 8.42 Å². The second-order valence-electron chi connectivity index (χ2n) is 5.75. The first-order valence-corrected chi connectivity index (χ1v) is 9.32. The Labute approximate surface area is 135 Å². The van der Waals surface area contributed by atoms with Crippen molar-refractivity contribution >= 4 is 38.2 Å². The minimum Gasteiger partial charge on any atom is -0.356 e. The van der Waals surface area contributed by atoms with Gasteiger partial charge in [0.2, 0.25) is 10.0 Å². The van der Waals surface area contributed by atoms with Crippen LogP contribution in [0.25, 0.3) is 10.8 Å². The standard InChI is InChI=1S/C15H18ClN3O2S/c16-14-9-12-3-1-2-4-13(12)15(18-14)19-7-5-11(6-8-19)10-22(17,20)21/h1-4,9,11H,5-8,10H2,(H2,17,20,21). The Morgan fingerprint density at radius 3 is 2.64 bits per heavy atom. The van der Waals surface area contributed by atoms with Gasteiger partial charge in [-0.05, 0) is 30.2 Å². The predicted octanol–water partition coefficient (Wildman–Crippen LogP) is 2.39. The van der Waals surface area contributed by atoms with Crippen LogP contribution in [0, 0.1) is 5.92 Å². The fraction of sp³-hybridized carbons (Fsp3) is 0.400. The Morgan fingerprint density at radius 2 is 1.95 bits per heavy atom. The van der Waals surface area contributed by atoms with Crippen molar-refractivity contribution in [2.24, 2.45) is 11.1 Å². The number of nitrogens with two attached hydrogens (primary N) is 1. The van der Waals surface area contributed by atoms with E-state index in [1.54, 1.807) is 0 Å². The molecule has 0 bridgehead atoms. The van der Waals surface area contributed by atoms with E-state index >= 15 is 0 Å². The average molecular weight is 340 g/mol. The fourth-order valence-corrected chi connectivity index (χ4v) is 4.22. The zero-order valence-electron chi connectivity index (χ0n) is 12.1. The van der Waals surface area contributed by atoms with Gasteiger partial charge in [0.05, 0.1) is 5.75 Å². The zero-order chi connectivity index (χ0) is 15.7. The Kier molecular flexibility index (Phi) is 4.25. The zero-order valence-corrected chi connectivity index (χ0v) is 13.6. The first-order valence-electron chi connectivity index (χ1n) is 7.23. The van der Waals surface area contributed by atoms with Crippen LogP contribution in [0.5, 0.6) is 0 Å². The second kappa shape index (κ2) is 6.02. The third-order valence-corrected chi connectivity index (χ3v) is 5.20. The van der Waals surface area contributed by atoms with Gasteiger partial charge in [0, 0.05) is 18.5 Å². The molecular weight excluding hydrogens is 322 g/mol. The summed E-state index contributed by atoms with van der Waals surface area (Å²) in [6.45, 7) is 1.52. The molecule has 0 spiro atoms. The molecule has 7 heteroatoms. The summed E-state index contributed by atoms with van der Waals surface area (Å²) in [6.07, 6.45) is 1.58. The molecule has 5 nitrogen and oxygen atoms in total. The van der Waals surface area contributed by atoms with Crippen LogP contribution >= 0.6 is 11.6 Å². The molecule has 22 heavy (non-hydrogen) atoms. The van der Waals surface area contributed by atoms with Gasteiger partial charge in [-0.25, -0.2) is 18.5 Å². The quantitative estimate of drug-likeness (QED) is 0.871. The minimum absolute atomic E-state index is 0.0601. The summed E-state index contributed by atoms with van der Waals surface area (Å²) in [5.74, 6) is 1.05. The van der Waals surface area contributed by atoms with Crippen molar-refractivity contribution in [2.45, 2.75) is 12.8 Å². The number of primary sulfonamides is 1. The number of nitrogens with zero attached hydrogens (tertiary/aromatic N) is 2. The molecule has 2 N–H and O–H groups in total. The SMILES string of the molecule is NS(=O)(=O)CC1CCN(c2nc(Cl)cc3ccccc23)CC1. The first kappa shape index (κ1) is 15.5. The van der Waals surface area contributed by atoms with Crippen LogP contribution in [0.3, 0.4) is 0 Å². The molecule has 118 valence electrons. The highest BCUT2D eigenvalue weighted by Gasteiger charge is 2.24. The van der Waals surface area contributed by atoms with E-state index in [0.717, 1.165) is 42.5 Å². The van der Waals surface area contributed by atoms with E-state index in [1.807, 2.05) is 30.3 Å². The molecule has 0 aliphatic carbocycles. The Morgan fingerprint density at radius 1 is 1.27 bits per heavy atom. The largest absolute Gasteiger partial charge is 0.356 e. The van der Waals surface area contributed by atoms with Gasteiger partial charge in [-0.1, -0.05) is 35.9 Å². The highest BCUT2D eigenvalue weighted by Crippen LogP contribution is 2.30. The van der Waals surface area contributed by atoms with Crippen LogP contribution in [0.2, 0.25) is 5.15 Å². The van der Waals surface area contributed by atoms with E-state index in [1.165, 1.54) is 0 Å². The maximum absolute atomic E-state index is 11.2. The lowest BCUT2D eigenvalue weighted by molar-refractivity contribution is 0.435. The fourth-order valence-electron chi connectivity index (χ4n) is 3.03. The van der Waals surface area contributed by atoms with E-state index in [-0.39, 0.29) is 11.7 Å². The highest BCUT2D eigenvalue weighted by molar-refractivity contribution is 7.89. The molecule has 1 aliphatic rings. The monoisotopic (exact) mass is 339 g/mol. The van der Waals surface area contributed by atoms with Crippen LogP contribution < -0.4 is 10.0 Å². The van der Waals surface area contributed by atoms with E-state index < -0.39 is 10.0 Å². The number of piperidine rings is 1. The normalized spacial score (nSPS) is 17.1. The van der Waals surface area contributed by atoms with Crippen LogP contribution in [-0.2, 0) is 10.0 Å². The molecule has 1 aromatic carbocycles. The van der Waals surface area contributed by atoms with Crippen molar-refractivity contribution in [1.82, 2.24) is 4.98 Å². The lowest BCUT2D eigenvalue weighted by Gasteiger charge is -2.33. The van der Waals surface area contributed by atoms with E-state index in [0.29, 0.717) is 5.15 Å². The molecule has 1 fully saturated rings. The topological polar surface area (TPSA) is 76.3 Å². The number of hydrogen-bond acceptors (Lipinski definition) is 4. The minimum atomic E-state index is -3.40. The number of hydrogen-bond donors (Lipinski definition) is 1. The molecule has 0 radical (unpaired) electrons. The Hall–Kier alpha value is -1.37. The van der Waals surface area contributed by atoms with Crippen molar-refractivity contribution in [2.75, 3.05) is 23.7 Å². The molecule has 0 unspecified atom stereocenters. The van der Waals surface area contributed by atoms with Crippen LogP contribution in [0.1, 0.15) is 12.8 Å². The molecule has 3 rings (SSSR count). The van der Waals surface area contributed by atoms with Crippen molar-refractivity contribution in [1.29, 1.82) is 0 Å². The van der Waals surface area contributed by atoms with Crippen LogP contribution in [0.4, 0.5) is 5.82 Å². The van der Waals surface area contributed by atoms with Gasteiger partial charge in [0.1, 0.15) is 11.0 Å². The number of fused-ring (bicyclic) bond motifs is 1. The lowest BCUT2D eigenvalue weighted by Crippen LogP contribution is -2.37. The molecular formula is C15H18ClN3O2S. The molecule has 1 saturated heterocycles. The van der Waals surface area contributed by atoms with Gasteiger partial charge in [-0.2, -0.15) is 0 Å². The summed E-state index contributed by atoms with van der Waals surface area (Å²) in [4.78, 5) is 6.65. The van der Waals surface area contributed by atoms with E-state index in [4.69, 9.17) is 16.7 Å². The number of sulfonamides is 1. The van der Waals surface area contributed by atoms with Crippen LogP contribution in [0.15, 0.2) is 30.3 Å². The summed E-state index contributed by atoms with van der Waals surface area (Å²) in [5.41, 5.74) is 0. The molecule has 0 saturated carbocycles. The number of aromatic nitrogens is 1. The van der Waals surface area contributed by atoms with Crippen molar-refractivity contribution in [3.8, 4) is 0 Å². The summed E-state index contributed by atoms with van der Waals surface area (Å²) in [5, 5.41) is 7.73. The summed E-state index contributed by atoms with van der Waals surface area (Å²) >= 11 is 6.13. The number of anilines is 1. The van der Waals surface area contributed by atoms with Gasteiger partial charge >= 0.3 is 0 Å². The molecule has 1 aliphatic heterocycles. The summed E-state index contributed by atoms with van der Waals surface area (Å²) in [6, 6.07) is 9.86. The number of halogens is 1. The van der Waals surface area contributed by atoms with Gasteiger partial charge in [-0.15, -0.1) is 0 Å². The third-order valence-electron chi connectivity index (χ3n) is 4.07. The van der Waals surface area contributed by atoms with Gasteiger partial charge in [-0.3, -0.25) is 0 Å². The predicted molar refractivity (Wildman–Crippen MR) is 89.7 cm³/mol. The highest BCUT2D eigenvalue weighted by atomic mass is 35.5. The third kappa shape index (κ3) is 3.51. The maximum atomic E-state index is 11.2. The molecule has 2 aromatic rings. The van der Waals surface area contributed by atoms with Crippen molar-refractivity contribution in [3.05, 3.63) is 35.5 Å². The second-order valence-corrected chi connectivity index (χ2v) is 7.80. The van der Waals surface area contributed by atoms with Crippen LogP contribution in [-0.4, -0.2) is 32.2 Å². The number of rotatable bonds is 3. The van der Waals surface area contributed by atoms with Gasteiger partial charge < -0.3 is 4.90 Å². The van der Waals surface area contributed by atoms with Gasteiger partial charge in [0.15, 0.2) is 0 Å². The molecule has 2 heterocycles. The summed E-state index contributed by atoms with van der Waals surface area (Å²) in [7, 11) is -3.40. The molecule has 0 amide bonds. The lowest BCUT2D eigenvalue weighted by atomic mass is 9.98. The maximum Gasteiger partial charge on any atom is 0.209 e. The Balaban J connectivity index is 1.82. The van der Waals surface area contributed by atoms with Crippen molar-refractivity contribution < 1.29 is 8.42 Å². The first-order chi connectivity index (χ1) is 10.4. The molecule has 0 atom stereocenters. The summed E-state index contributed by atoms with van der Waals surface area (Å²) < 4.78 is 22.4. The van der Waals surface area contributed by atoms with Crippen molar-refractivity contribution in [3.63, 3.8) is 0 Å². The number of pyridine rings is 1. The average Bonchev–Trinajstić information content (AvgIpc) is 2.45. The Bertz CT molecular complexity index is 786. The number of benzene rings is 1. The van der Waals surface area contributed by atoms with Gasteiger partial charge in [0.25, 0.3) is 0 Å². The van der Waals surface area contributed by atoms with E-state index in [2.05, 4.69) is 9.88 Å².